The summed E-state index contributed by atoms with van der Waals surface area (Å²) in [6.07, 6.45) is 1.54. The predicted molar refractivity (Wildman–Crippen MR) is 82.2 cm³/mol. The molecule has 0 amide bonds. The highest BCUT2D eigenvalue weighted by Gasteiger charge is 2.23. The van der Waals surface area contributed by atoms with Crippen LogP contribution in [0.4, 0.5) is 5.69 Å². The molecule has 2 aromatic rings. The van der Waals surface area contributed by atoms with Crippen LogP contribution in [-0.2, 0) is 4.84 Å². The summed E-state index contributed by atoms with van der Waals surface area (Å²) in [4.78, 5) is 7.52. The van der Waals surface area contributed by atoms with E-state index in [-0.39, 0.29) is 6.10 Å². The van der Waals surface area contributed by atoms with Gasteiger partial charge in [0.05, 0.1) is 6.21 Å². The molecule has 3 rings (SSSR count). The van der Waals surface area contributed by atoms with Crippen molar-refractivity contribution in [2.75, 3.05) is 5.17 Å². The van der Waals surface area contributed by atoms with Crippen molar-refractivity contribution >= 4 is 37.2 Å². The molecule has 0 saturated carbocycles. The molecule has 2 aromatic carbocycles. The van der Waals surface area contributed by atoms with Gasteiger partial charge in [0.2, 0.25) is 0 Å². The summed E-state index contributed by atoms with van der Waals surface area (Å²) in [5.74, 6) is 0. The van der Waals surface area contributed by atoms with Crippen molar-refractivity contribution in [3.05, 3.63) is 54.1 Å². The maximum absolute atomic E-state index is 5.81. The van der Waals surface area contributed by atoms with E-state index in [1.54, 1.807) is 6.21 Å². The number of hydrazone groups is 1. The number of hydrogen-bond donors (Lipinski definition) is 2. The van der Waals surface area contributed by atoms with Crippen LogP contribution < -0.4 is 5.17 Å². The Balaban J connectivity index is 1.84. The van der Waals surface area contributed by atoms with E-state index in [0.29, 0.717) is 0 Å². The van der Waals surface area contributed by atoms with Gasteiger partial charge in [0.25, 0.3) is 0 Å². The molecule has 0 saturated heterocycles. The van der Waals surface area contributed by atoms with Crippen LogP contribution in [0.25, 0.3) is 0 Å². The Morgan fingerprint density at radius 2 is 1.63 bits per heavy atom. The standard InChI is InChI=1S/C14H12N2OS2/c18-13-7-3-1-5-10(13)12-9-15-16(17-12)11-6-2-4-8-14(11)19/h1-9,12,18-19H. The van der Waals surface area contributed by atoms with Crippen molar-refractivity contribution in [2.24, 2.45) is 5.10 Å². The van der Waals surface area contributed by atoms with Gasteiger partial charge in [0, 0.05) is 15.4 Å². The second-order valence-corrected chi connectivity index (χ2v) is 5.07. The smallest absolute Gasteiger partial charge is 0.151 e. The molecule has 1 heterocycles. The van der Waals surface area contributed by atoms with Crippen LogP contribution in [0.2, 0.25) is 0 Å². The van der Waals surface area contributed by atoms with Crippen LogP contribution in [0.15, 0.2) is 63.4 Å². The van der Waals surface area contributed by atoms with Gasteiger partial charge in [-0.3, -0.25) is 0 Å². The topological polar surface area (TPSA) is 24.8 Å². The van der Waals surface area contributed by atoms with E-state index in [1.807, 2.05) is 48.5 Å². The number of para-hydroxylation sites is 1. The fraction of sp³-hybridized carbons (Fsp3) is 0.0714. The first kappa shape index (κ1) is 12.6. The predicted octanol–water partition coefficient (Wildman–Crippen LogP) is 3.74. The first-order chi connectivity index (χ1) is 9.25. The van der Waals surface area contributed by atoms with Crippen molar-refractivity contribution in [3.8, 4) is 0 Å². The number of thiol groups is 2. The van der Waals surface area contributed by atoms with Crippen LogP contribution in [-0.4, -0.2) is 6.21 Å². The Morgan fingerprint density at radius 3 is 2.37 bits per heavy atom. The second kappa shape index (κ2) is 5.28. The molecule has 5 heteroatoms. The van der Waals surface area contributed by atoms with Crippen LogP contribution >= 0.6 is 25.3 Å². The maximum atomic E-state index is 5.81. The van der Waals surface area contributed by atoms with Gasteiger partial charge in [-0.15, -0.1) is 30.4 Å². The normalized spacial score (nSPS) is 18.0. The van der Waals surface area contributed by atoms with Gasteiger partial charge < -0.3 is 0 Å². The van der Waals surface area contributed by atoms with Gasteiger partial charge in [-0.05, 0) is 18.2 Å². The lowest BCUT2D eigenvalue weighted by Crippen LogP contribution is -2.14. The van der Waals surface area contributed by atoms with Gasteiger partial charge >= 0.3 is 0 Å². The van der Waals surface area contributed by atoms with Gasteiger partial charge in [0.1, 0.15) is 5.69 Å². The highest BCUT2D eigenvalue weighted by atomic mass is 32.1. The molecule has 0 aliphatic carbocycles. The minimum atomic E-state index is -0.221. The fourth-order valence-electron chi connectivity index (χ4n) is 1.89. The molecule has 0 N–H and O–H groups in total. The highest BCUT2D eigenvalue weighted by Crippen LogP contribution is 2.32. The highest BCUT2D eigenvalue weighted by molar-refractivity contribution is 7.80. The summed E-state index contributed by atoms with van der Waals surface area (Å²) >= 11 is 8.83. The number of rotatable bonds is 2. The Labute approximate surface area is 122 Å². The maximum Gasteiger partial charge on any atom is 0.151 e. The van der Waals surface area contributed by atoms with Crippen LogP contribution in [0, 0.1) is 0 Å². The summed E-state index contributed by atoms with van der Waals surface area (Å²) in [7, 11) is 0. The monoisotopic (exact) mass is 288 g/mol. The summed E-state index contributed by atoms with van der Waals surface area (Å²) in [6, 6.07) is 15.5. The average Bonchev–Trinajstić information content (AvgIpc) is 2.89. The zero-order chi connectivity index (χ0) is 13.2. The van der Waals surface area contributed by atoms with Crippen molar-refractivity contribution in [3.63, 3.8) is 0 Å². The summed E-state index contributed by atoms with van der Waals surface area (Å²) in [5, 5.41) is 5.76. The molecule has 19 heavy (non-hydrogen) atoms. The number of nitrogens with zero attached hydrogens (tertiary/aromatic N) is 2. The summed E-state index contributed by atoms with van der Waals surface area (Å²) < 4.78 is 0. The second-order valence-electron chi connectivity index (χ2n) is 4.11. The summed E-state index contributed by atoms with van der Waals surface area (Å²) in [6.45, 7) is 0. The van der Waals surface area contributed by atoms with Gasteiger partial charge in [-0.25, -0.2) is 4.84 Å². The Kier molecular flexibility index (Phi) is 3.50. The molecule has 1 aliphatic heterocycles. The zero-order valence-electron chi connectivity index (χ0n) is 9.97. The largest absolute Gasteiger partial charge is 0.238 e. The van der Waals surface area contributed by atoms with E-state index in [1.165, 1.54) is 5.17 Å². The quantitative estimate of drug-likeness (QED) is 0.823. The molecule has 1 atom stereocenters. The first-order valence-corrected chi connectivity index (χ1v) is 6.72. The van der Waals surface area contributed by atoms with Crippen molar-refractivity contribution in [1.29, 1.82) is 0 Å². The van der Waals surface area contributed by atoms with Gasteiger partial charge in [0.15, 0.2) is 6.10 Å². The van der Waals surface area contributed by atoms with Crippen molar-refractivity contribution < 1.29 is 4.84 Å². The third-order valence-electron chi connectivity index (χ3n) is 2.85. The van der Waals surface area contributed by atoms with E-state index < -0.39 is 0 Å². The van der Waals surface area contributed by atoms with Crippen molar-refractivity contribution in [2.45, 2.75) is 15.9 Å². The Morgan fingerprint density at radius 1 is 0.947 bits per heavy atom. The van der Waals surface area contributed by atoms with E-state index in [4.69, 9.17) is 4.84 Å². The third-order valence-corrected chi connectivity index (χ3v) is 3.64. The summed E-state index contributed by atoms with van der Waals surface area (Å²) in [5.41, 5.74) is 1.81. The minimum Gasteiger partial charge on any atom is -0.238 e. The van der Waals surface area contributed by atoms with Crippen LogP contribution in [0.3, 0.4) is 0 Å². The molecule has 0 aromatic heterocycles. The van der Waals surface area contributed by atoms with Crippen LogP contribution in [0.1, 0.15) is 11.7 Å². The van der Waals surface area contributed by atoms with Crippen molar-refractivity contribution in [1.82, 2.24) is 0 Å². The lowest BCUT2D eigenvalue weighted by molar-refractivity contribution is 0.0961. The SMILES string of the molecule is Sc1ccccc1C1C=NN(c2ccccc2S)O1. The number of anilines is 1. The molecule has 0 fully saturated rings. The molecule has 0 spiro atoms. The molecule has 0 bridgehead atoms. The molecule has 0 radical (unpaired) electrons. The zero-order valence-corrected chi connectivity index (χ0v) is 11.8. The minimum absolute atomic E-state index is 0.221. The lowest BCUT2D eigenvalue weighted by Gasteiger charge is -2.17. The van der Waals surface area contributed by atoms with E-state index >= 15 is 0 Å². The fourth-order valence-corrected chi connectivity index (χ4v) is 2.43. The van der Waals surface area contributed by atoms with E-state index in [0.717, 1.165) is 21.0 Å². The van der Waals surface area contributed by atoms with Crippen LogP contribution in [0.5, 0.6) is 0 Å². The molecular formula is C14H12N2OS2. The number of hydrogen-bond acceptors (Lipinski definition) is 5. The Bertz CT molecular complexity index is 577. The third kappa shape index (κ3) is 2.49. The first-order valence-electron chi connectivity index (χ1n) is 5.82. The molecule has 1 unspecified atom stereocenters. The lowest BCUT2D eigenvalue weighted by atomic mass is 10.1. The number of benzene rings is 2. The molecule has 1 aliphatic rings. The van der Waals surface area contributed by atoms with E-state index in [9.17, 15) is 0 Å². The average molecular weight is 288 g/mol. The molecular weight excluding hydrogens is 276 g/mol. The molecule has 3 nitrogen and oxygen atoms in total. The van der Waals surface area contributed by atoms with E-state index in [2.05, 4.69) is 30.4 Å². The van der Waals surface area contributed by atoms with Gasteiger partial charge in [-0.1, -0.05) is 30.3 Å². The molecule has 96 valence electrons. The Hall–Kier alpha value is -1.43. The van der Waals surface area contributed by atoms with Gasteiger partial charge in [-0.2, -0.15) is 5.10 Å².